The number of carbonyl (C=O) groups is 2. The van der Waals surface area contributed by atoms with Gasteiger partial charge in [0.05, 0.1) is 27.7 Å². The fraction of sp³-hybridized carbons (Fsp3) is 0.704. The minimum Gasteiger partial charge on any atom is -0.462 e. The molecule has 0 spiro atoms. The molecule has 1 N–H and O–H groups in total. The first kappa shape index (κ1) is 61.2. The van der Waals surface area contributed by atoms with Crippen LogP contribution in [0, 0.1) is 0 Å². The molecule has 0 aromatic carbocycles. The van der Waals surface area contributed by atoms with E-state index in [1.54, 1.807) is 0 Å². The van der Waals surface area contributed by atoms with Crippen LogP contribution in [-0.4, -0.2) is 74.9 Å². The summed E-state index contributed by atoms with van der Waals surface area (Å²) in [7, 11) is 1.43. The number of phosphoric acid groups is 1. The van der Waals surface area contributed by atoms with Crippen LogP contribution in [0.5, 0.6) is 0 Å². The lowest BCUT2D eigenvalue weighted by atomic mass is 10.0. The van der Waals surface area contributed by atoms with Crippen LogP contribution >= 0.6 is 7.82 Å². The third-order valence-electron chi connectivity index (χ3n) is 10.4. The molecule has 2 atom stereocenters. The summed E-state index contributed by atoms with van der Waals surface area (Å²) in [4.78, 5) is 35.5. The molecule has 0 heterocycles. The maximum Gasteiger partial charge on any atom is 0.472 e. The van der Waals surface area contributed by atoms with Crippen LogP contribution in [-0.2, 0) is 32.7 Å². The molecular weight excluding hydrogens is 822 g/mol. The molecule has 0 aliphatic heterocycles. The molecule has 0 aromatic heterocycles. The summed E-state index contributed by atoms with van der Waals surface area (Å²) in [5, 5.41) is 0. The molecule has 0 saturated carbocycles. The van der Waals surface area contributed by atoms with E-state index in [9.17, 15) is 19.0 Å². The quantitative estimate of drug-likeness (QED) is 0.0212. The zero-order valence-corrected chi connectivity index (χ0v) is 42.4. The van der Waals surface area contributed by atoms with Gasteiger partial charge in [0.2, 0.25) is 0 Å². The van der Waals surface area contributed by atoms with E-state index in [4.69, 9.17) is 18.5 Å². The highest BCUT2D eigenvalue weighted by Gasteiger charge is 2.27. The molecule has 0 aromatic rings. The lowest BCUT2D eigenvalue weighted by molar-refractivity contribution is -0.870. The van der Waals surface area contributed by atoms with Gasteiger partial charge in [-0.3, -0.25) is 18.6 Å². The number of phosphoric ester groups is 1. The van der Waals surface area contributed by atoms with E-state index >= 15 is 0 Å². The van der Waals surface area contributed by atoms with Crippen LogP contribution in [0.2, 0.25) is 0 Å². The van der Waals surface area contributed by atoms with Crippen molar-refractivity contribution in [1.82, 2.24) is 0 Å². The third-order valence-corrected chi connectivity index (χ3v) is 11.4. The summed E-state index contributed by atoms with van der Waals surface area (Å²) in [6, 6.07) is 0. The van der Waals surface area contributed by atoms with Gasteiger partial charge >= 0.3 is 19.8 Å². The normalized spacial score (nSPS) is 14.2. The molecule has 0 fully saturated rings. The Kier molecular flexibility index (Phi) is 43.4. The van der Waals surface area contributed by atoms with E-state index in [0.29, 0.717) is 23.9 Å². The predicted octanol–water partition coefficient (Wildman–Crippen LogP) is 15.1. The van der Waals surface area contributed by atoms with Gasteiger partial charge in [0.25, 0.3) is 0 Å². The first-order valence-corrected chi connectivity index (χ1v) is 26.8. The average molecular weight is 917 g/mol. The van der Waals surface area contributed by atoms with Crippen molar-refractivity contribution >= 4 is 19.8 Å². The van der Waals surface area contributed by atoms with Crippen molar-refractivity contribution in [3.8, 4) is 0 Å². The van der Waals surface area contributed by atoms with Gasteiger partial charge in [0.1, 0.15) is 19.8 Å². The van der Waals surface area contributed by atoms with E-state index in [-0.39, 0.29) is 32.0 Å². The van der Waals surface area contributed by atoms with Crippen molar-refractivity contribution in [2.75, 3.05) is 47.5 Å². The molecule has 0 bridgehead atoms. The number of rotatable bonds is 45. The molecule has 0 radical (unpaired) electrons. The fourth-order valence-electron chi connectivity index (χ4n) is 6.49. The van der Waals surface area contributed by atoms with Crippen molar-refractivity contribution in [2.24, 2.45) is 0 Å². The second-order valence-corrected chi connectivity index (χ2v) is 19.3. The molecule has 0 aliphatic carbocycles. The van der Waals surface area contributed by atoms with Crippen LogP contribution < -0.4 is 0 Å². The van der Waals surface area contributed by atoms with Crippen LogP contribution in [0.1, 0.15) is 194 Å². The van der Waals surface area contributed by atoms with Crippen molar-refractivity contribution in [2.45, 2.75) is 200 Å². The van der Waals surface area contributed by atoms with Crippen molar-refractivity contribution in [1.29, 1.82) is 0 Å². The largest absolute Gasteiger partial charge is 0.472 e. The summed E-state index contributed by atoms with van der Waals surface area (Å²) < 4.78 is 34.4. The van der Waals surface area contributed by atoms with E-state index in [2.05, 4.69) is 92.8 Å². The molecule has 0 amide bonds. The monoisotopic (exact) mass is 917 g/mol. The number of quaternary nitrogens is 1. The molecule has 0 rings (SSSR count). The summed E-state index contributed by atoms with van der Waals surface area (Å²) in [5.74, 6) is -0.873. The highest BCUT2D eigenvalue weighted by atomic mass is 31.2. The van der Waals surface area contributed by atoms with Crippen molar-refractivity contribution in [3.05, 3.63) is 85.1 Å². The molecule has 0 saturated heterocycles. The van der Waals surface area contributed by atoms with Crippen LogP contribution in [0.15, 0.2) is 85.1 Å². The Bertz CT molecular complexity index is 1360. The van der Waals surface area contributed by atoms with E-state index in [0.717, 1.165) is 57.8 Å². The number of carbonyl (C=O) groups excluding carboxylic acids is 2. The molecule has 9 nitrogen and oxygen atoms in total. The van der Waals surface area contributed by atoms with Crippen LogP contribution in [0.25, 0.3) is 0 Å². The standard InChI is InChI=1S/C54H94NO8P/c1-6-8-10-12-14-16-18-20-22-24-25-26-27-28-29-31-32-34-36-38-40-42-44-46-53(56)60-50-52(51-62-64(58,59)61-49-48-55(3,4)5)63-54(57)47-45-43-41-39-37-35-33-30-23-21-19-17-15-13-11-9-7-2/h9,11,15,17-18,20-21,23-25,33,35,39,41,52H,6-8,10,12-14,16,19,22,26-32,34,36-38,40,42-51H2,1-5H3/p+1/b11-9-,17-15-,20-18-,23-21-,25-24-,35-33-,41-39-. The molecule has 2 unspecified atom stereocenters. The van der Waals surface area contributed by atoms with E-state index < -0.39 is 26.5 Å². The lowest BCUT2D eigenvalue weighted by Gasteiger charge is -2.24. The number of ether oxygens (including phenoxy) is 2. The topological polar surface area (TPSA) is 108 Å². The van der Waals surface area contributed by atoms with E-state index in [1.807, 2.05) is 27.2 Å². The predicted molar refractivity (Wildman–Crippen MR) is 270 cm³/mol. The van der Waals surface area contributed by atoms with Gasteiger partial charge in [-0.2, -0.15) is 0 Å². The Labute approximate surface area is 392 Å². The summed E-state index contributed by atoms with van der Waals surface area (Å²) in [6.07, 6.45) is 59.3. The Morgan fingerprint density at radius 1 is 0.500 bits per heavy atom. The third kappa shape index (κ3) is 48.6. The van der Waals surface area contributed by atoms with Gasteiger partial charge in [-0.05, 0) is 83.5 Å². The Hall–Kier alpha value is -2.81. The highest BCUT2D eigenvalue weighted by Crippen LogP contribution is 2.43. The molecule has 10 heteroatoms. The Balaban J connectivity index is 4.32. The number of hydrogen-bond donors (Lipinski definition) is 1. The SMILES string of the molecule is CC/C=C\C/C=C\C/C=C\C/C=C\C/C=C\CCCC(=O)OC(COC(=O)CCCCCCCCCCCCC/C=C\C/C=C\CCCCCCC)COP(=O)(O)OCC[N+](C)(C)C. The van der Waals surface area contributed by atoms with Gasteiger partial charge in [0, 0.05) is 12.8 Å². The maximum absolute atomic E-state index is 12.7. The second-order valence-electron chi connectivity index (χ2n) is 17.8. The average Bonchev–Trinajstić information content (AvgIpc) is 3.25. The minimum absolute atomic E-state index is 0.0167. The summed E-state index contributed by atoms with van der Waals surface area (Å²) in [5.41, 5.74) is 0. The van der Waals surface area contributed by atoms with E-state index in [1.165, 1.54) is 96.3 Å². The fourth-order valence-corrected chi connectivity index (χ4v) is 7.23. The number of allylic oxidation sites excluding steroid dienone is 14. The number of unbranched alkanes of at least 4 members (excludes halogenated alkanes) is 17. The van der Waals surface area contributed by atoms with Gasteiger partial charge < -0.3 is 18.9 Å². The molecular formula is C54H95NO8P+. The Morgan fingerprint density at radius 2 is 0.906 bits per heavy atom. The number of nitrogens with zero attached hydrogens (tertiary/aromatic N) is 1. The van der Waals surface area contributed by atoms with Gasteiger partial charge in [-0.25, -0.2) is 4.57 Å². The van der Waals surface area contributed by atoms with Crippen molar-refractivity contribution < 1.29 is 42.1 Å². The zero-order valence-electron chi connectivity index (χ0n) is 41.5. The maximum atomic E-state index is 12.7. The van der Waals surface area contributed by atoms with Crippen molar-refractivity contribution in [3.63, 3.8) is 0 Å². The highest BCUT2D eigenvalue weighted by molar-refractivity contribution is 7.47. The lowest BCUT2D eigenvalue weighted by Crippen LogP contribution is -2.37. The first-order valence-electron chi connectivity index (χ1n) is 25.3. The first-order chi connectivity index (χ1) is 31.0. The smallest absolute Gasteiger partial charge is 0.462 e. The van der Waals surface area contributed by atoms with Crippen LogP contribution in [0.4, 0.5) is 0 Å². The number of hydrogen-bond acceptors (Lipinski definition) is 7. The van der Waals surface area contributed by atoms with Gasteiger partial charge in [0.15, 0.2) is 6.10 Å². The zero-order chi connectivity index (χ0) is 47.1. The molecule has 368 valence electrons. The molecule has 64 heavy (non-hydrogen) atoms. The minimum atomic E-state index is -4.40. The summed E-state index contributed by atoms with van der Waals surface area (Å²) in [6.45, 7) is 4.23. The Morgan fingerprint density at radius 3 is 1.38 bits per heavy atom. The van der Waals surface area contributed by atoms with Gasteiger partial charge in [-0.1, -0.05) is 182 Å². The van der Waals surface area contributed by atoms with Gasteiger partial charge in [-0.15, -0.1) is 0 Å². The molecule has 0 aliphatic rings. The number of esters is 2. The summed E-state index contributed by atoms with van der Waals surface area (Å²) >= 11 is 0. The second kappa shape index (κ2) is 45.4. The van der Waals surface area contributed by atoms with Crippen LogP contribution in [0.3, 0.4) is 0 Å². The number of likely N-dealkylation sites (N-methyl/N-ethyl adjacent to an activating group) is 1.